The van der Waals surface area contributed by atoms with E-state index in [4.69, 9.17) is 25.8 Å². The fraction of sp³-hybridized carbons (Fsp3) is 0.571. The first-order valence-corrected chi connectivity index (χ1v) is 8.36. The normalized spacial score (nSPS) is 15.4. The number of halogens is 1. The molecule has 112 valence electrons. The molecule has 0 N–H and O–H groups in total. The van der Waals surface area contributed by atoms with Crippen molar-refractivity contribution < 1.29 is 18.4 Å². The first-order chi connectivity index (χ1) is 9.58. The number of hydrogen-bond donors (Lipinski definition) is 0. The summed E-state index contributed by atoms with van der Waals surface area (Å²) in [6.45, 7) is 5.58. The van der Waals surface area contributed by atoms with Gasteiger partial charge in [0.15, 0.2) is 11.5 Å². The first kappa shape index (κ1) is 15.6. The van der Waals surface area contributed by atoms with E-state index in [9.17, 15) is 4.21 Å². The lowest BCUT2D eigenvalue weighted by atomic mass is 10.3. The van der Waals surface area contributed by atoms with Gasteiger partial charge in [-0.1, -0.05) is 11.6 Å². The van der Waals surface area contributed by atoms with E-state index in [1.54, 1.807) is 12.1 Å². The lowest BCUT2D eigenvalue weighted by Crippen LogP contribution is -2.16. The quantitative estimate of drug-likeness (QED) is 0.756. The maximum atomic E-state index is 12.3. The second-order valence-electron chi connectivity index (χ2n) is 4.75. The summed E-state index contributed by atoms with van der Waals surface area (Å²) >= 11 is 6.16. The Balaban J connectivity index is 1.99. The molecule has 0 aliphatic carbocycles. The van der Waals surface area contributed by atoms with Crippen LogP contribution in [0.15, 0.2) is 17.0 Å². The topological polar surface area (TPSA) is 44.8 Å². The zero-order chi connectivity index (χ0) is 14.5. The van der Waals surface area contributed by atoms with E-state index in [1.165, 1.54) is 0 Å². The monoisotopic (exact) mass is 318 g/mol. The van der Waals surface area contributed by atoms with Crippen molar-refractivity contribution in [1.29, 1.82) is 0 Å². The molecular weight excluding hydrogens is 300 g/mol. The molecule has 0 spiro atoms. The van der Waals surface area contributed by atoms with Crippen LogP contribution in [0.2, 0.25) is 5.02 Å². The maximum absolute atomic E-state index is 12.3. The van der Waals surface area contributed by atoms with Crippen LogP contribution in [0.25, 0.3) is 0 Å². The van der Waals surface area contributed by atoms with E-state index in [2.05, 4.69) is 0 Å². The fourth-order valence-corrected chi connectivity index (χ4v) is 3.37. The Labute approximate surface area is 126 Å². The van der Waals surface area contributed by atoms with Gasteiger partial charge in [-0.2, -0.15) is 0 Å². The molecule has 0 aromatic heterocycles. The standard InChI is InChI=1S/C14H19ClO4S/c1-10(2)17-4-3-7-20(16)14-9-13-12(8-11(14)15)18-5-6-19-13/h8-10H,3-7H2,1-2H3/t20-/m1/s1. The van der Waals surface area contributed by atoms with Gasteiger partial charge >= 0.3 is 0 Å². The van der Waals surface area contributed by atoms with Gasteiger partial charge in [0.1, 0.15) is 13.2 Å². The van der Waals surface area contributed by atoms with Crippen LogP contribution in [0.4, 0.5) is 0 Å². The largest absolute Gasteiger partial charge is 0.486 e. The summed E-state index contributed by atoms with van der Waals surface area (Å²) in [5.74, 6) is 1.75. The lowest BCUT2D eigenvalue weighted by Gasteiger charge is -2.19. The second-order valence-corrected chi connectivity index (χ2v) is 6.70. The van der Waals surface area contributed by atoms with E-state index >= 15 is 0 Å². The lowest BCUT2D eigenvalue weighted by molar-refractivity contribution is 0.0798. The molecule has 2 rings (SSSR count). The van der Waals surface area contributed by atoms with Crippen molar-refractivity contribution in [3.05, 3.63) is 17.2 Å². The van der Waals surface area contributed by atoms with Gasteiger partial charge in [0.2, 0.25) is 0 Å². The van der Waals surface area contributed by atoms with E-state index in [0.29, 0.717) is 47.0 Å². The van der Waals surface area contributed by atoms with Gasteiger partial charge in [-0.25, -0.2) is 0 Å². The number of fused-ring (bicyclic) bond motifs is 1. The minimum Gasteiger partial charge on any atom is -0.486 e. The highest BCUT2D eigenvalue weighted by Gasteiger charge is 2.18. The Morgan fingerprint density at radius 3 is 2.60 bits per heavy atom. The molecule has 6 heteroatoms. The highest BCUT2D eigenvalue weighted by Crippen LogP contribution is 2.36. The smallest absolute Gasteiger partial charge is 0.162 e. The molecule has 0 unspecified atom stereocenters. The van der Waals surface area contributed by atoms with Crippen LogP contribution in [-0.4, -0.2) is 35.9 Å². The molecule has 20 heavy (non-hydrogen) atoms. The highest BCUT2D eigenvalue weighted by molar-refractivity contribution is 7.85. The highest BCUT2D eigenvalue weighted by atomic mass is 35.5. The van der Waals surface area contributed by atoms with E-state index in [-0.39, 0.29) is 6.10 Å². The van der Waals surface area contributed by atoms with Crippen LogP contribution >= 0.6 is 11.6 Å². The van der Waals surface area contributed by atoms with Crippen molar-refractivity contribution >= 4 is 22.4 Å². The van der Waals surface area contributed by atoms with Gasteiger partial charge in [-0.15, -0.1) is 0 Å². The molecule has 1 aliphatic rings. The molecule has 0 saturated heterocycles. The Morgan fingerprint density at radius 2 is 1.95 bits per heavy atom. The molecule has 1 heterocycles. The van der Waals surface area contributed by atoms with Crippen LogP contribution < -0.4 is 9.47 Å². The Kier molecular flexibility index (Phi) is 5.69. The maximum Gasteiger partial charge on any atom is 0.162 e. The number of benzene rings is 1. The summed E-state index contributed by atoms with van der Waals surface area (Å²) in [7, 11) is -1.16. The predicted octanol–water partition coefficient (Wildman–Crippen LogP) is 3.03. The molecule has 1 aromatic carbocycles. The fourth-order valence-electron chi connectivity index (χ4n) is 1.84. The van der Waals surface area contributed by atoms with Crippen LogP contribution in [0.1, 0.15) is 20.3 Å². The molecule has 4 nitrogen and oxygen atoms in total. The molecule has 0 amide bonds. The average Bonchev–Trinajstić information content (AvgIpc) is 2.42. The van der Waals surface area contributed by atoms with Crippen molar-refractivity contribution in [2.75, 3.05) is 25.6 Å². The van der Waals surface area contributed by atoms with Crippen LogP contribution in [0.3, 0.4) is 0 Å². The van der Waals surface area contributed by atoms with Gasteiger partial charge in [-0.05, 0) is 20.3 Å². The third-order valence-electron chi connectivity index (χ3n) is 2.77. The Bertz CT molecular complexity index is 490. The van der Waals surface area contributed by atoms with E-state index in [1.807, 2.05) is 13.8 Å². The van der Waals surface area contributed by atoms with Crippen LogP contribution in [0, 0.1) is 0 Å². The third kappa shape index (κ3) is 4.11. The van der Waals surface area contributed by atoms with Gasteiger partial charge in [0.05, 0.1) is 26.8 Å². The van der Waals surface area contributed by atoms with Gasteiger partial charge in [0, 0.05) is 24.5 Å². The summed E-state index contributed by atoms with van der Waals surface area (Å²) in [5, 5.41) is 0.456. The zero-order valence-electron chi connectivity index (χ0n) is 11.7. The van der Waals surface area contributed by atoms with E-state index < -0.39 is 10.8 Å². The molecule has 1 aromatic rings. The van der Waals surface area contributed by atoms with Crippen molar-refractivity contribution in [1.82, 2.24) is 0 Å². The Hall–Kier alpha value is -0.780. The van der Waals surface area contributed by atoms with E-state index in [0.717, 1.165) is 6.42 Å². The van der Waals surface area contributed by atoms with Crippen molar-refractivity contribution in [3.63, 3.8) is 0 Å². The number of hydrogen-bond acceptors (Lipinski definition) is 4. The molecule has 1 atom stereocenters. The van der Waals surface area contributed by atoms with Gasteiger partial charge < -0.3 is 14.2 Å². The van der Waals surface area contributed by atoms with Gasteiger partial charge in [-0.3, -0.25) is 4.21 Å². The van der Waals surface area contributed by atoms with Crippen molar-refractivity contribution in [2.24, 2.45) is 0 Å². The molecular formula is C14H19ClO4S. The number of ether oxygens (including phenoxy) is 3. The summed E-state index contributed by atoms with van der Waals surface area (Å²) in [4.78, 5) is 0.598. The molecule has 0 bridgehead atoms. The second kappa shape index (κ2) is 7.29. The molecule has 1 aliphatic heterocycles. The van der Waals surface area contributed by atoms with Crippen LogP contribution in [-0.2, 0) is 15.5 Å². The summed E-state index contributed by atoms with van der Waals surface area (Å²) in [5.41, 5.74) is 0. The third-order valence-corrected chi connectivity index (χ3v) is 4.68. The summed E-state index contributed by atoms with van der Waals surface area (Å²) in [6.07, 6.45) is 0.927. The summed E-state index contributed by atoms with van der Waals surface area (Å²) in [6, 6.07) is 3.39. The zero-order valence-corrected chi connectivity index (χ0v) is 13.3. The Morgan fingerprint density at radius 1 is 1.30 bits per heavy atom. The minimum atomic E-state index is -1.16. The predicted molar refractivity (Wildman–Crippen MR) is 79.4 cm³/mol. The minimum absolute atomic E-state index is 0.196. The first-order valence-electron chi connectivity index (χ1n) is 6.67. The van der Waals surface area contributed by atoms with Crippen LogP contribution in [0.5, 0.6) is 11.5 Å². The molecule has 0 fully saturated rings. The average molecular weight is 319 g/mol. The molecule has 0 radical (unpaired) electrons. The molecule has 0 saturated carbocycles. The summed E-state index contributed by atoms with van der Waals surface area (Å²) < 4.78 is 28.6. The SMILES string of the molecule is CC(C)OCCC[S@@](=O)c1cc2c(cc1Cl)OCCO2. The van der Waals surface area contributed by atoms with Crippen molar-refractivity contribution in [3.8, 4) is 11.5 Å². The van der Waals surface area contributed by atoms with Gasteiger partial charge in [0.25, 0.3) is 0 Å². The van der Waals surface area contributed by atoms with Crippen molar-refractivity contribution in [2.45, 2.75) is 31.3 Å². The number of rotatable bonds is 6.